The van der Waals surface area contributed by atoms with Gasteiger partial charge in [-0.2, -0.15) is 5.10 Å². The van der Waals surface area contributed by atoms with Gasteiger partial charge in [0.25, 0.3) is 0 Å². The Morgan fingerprint density at radius 2 is 1.81 bits per heavy atom. The number of nitrogens with zero attached hydrogens (tertiary/aromatic N) is 3. The quantitative estimate of drug-likeness (QED) is 0.662. The fourth-order valence-corrected chi connectivity index (χ4v) is 5.73. The molecule has 160 valence electrons. The summed E-state index contributed by atoms with van der Waals surface area (Å²) in [5, 5.41) is 28.2. The topological polar surface area (TPSA) is 79.1 Å². The zero-order chi connectivity index (χ0) is 22.0. The van der Waals surface area contributed by atoms with Gasteiger partial charge in [-0.15, -0.1) is 5.10 Å². The number of benzene rings is 1. The number of fused-ring (bicyclic) bond motifs is 5. The minimum atomic E-state index is -1.06. The average Bonchev–Trinajstić information content (AvgIpc) is 3.14. The highest BCUT2D eigenvalue weighted by atomic mass is 19.1. The lowest BCUT2D eigenvalue weighted by molar-refractivity contribution is 0.0916. The van der Waals surface area contributed by atoms with Crippen LogP contribution in [0.4, 0.5) is 8.78 Å². The Labute approximate surface area is 178 Å². The summed E-state index contributed by atoms with van der Waals surface area (Å²) in [7, 11) is 0. The molecule has 1 aromatic carbocycles. The van der Waals surface area contributed by atoms with Gasteiger partial charge in [0.1, 0.15) is 17.7 Å². The summed E-state index contributed by atoms with van der Waals surface area (Å²) >= 11 is 0. The smallest absolute Gasteiger partial charge is 0.135 e. The van der Waals surface area contributed by atoms with E-state index in [0.717, 1.165) is 29.8 Å². The Hall–Kier alpha value is -2.77. The van der Waals surface area contributed by atoms with Crippen LogP contribution in [0.15, 0.2) is 42.5 Å². The van der Waals surface area contributed by atoms with E-state index in [4.69, 9.17) is 4.98 Å². The molecule has 5 rings (SSSR count). The lowest BCUT2D eigenvalue weighted by Crippen LogP contribution is -2.38. The first kappa shape index (κ1) is 20.2. The van der Waals surface area contributed by atoms with Crippen LogP contribution in [0.1, 0.15) is 61.4 Å². The third-order valence-electron chi connectivity index (χ3n) is 7.32. The summed E-state index contributed by atoms with van der Waals surface area (Å²) in [6, 6.07) is 11.0. The van der Waals surface area contributed by atoms with Crippen molar-refractivity contribution in [1.29, 1.82) is 0 Å². The molecule has 2 bridgehead atoms. The molecule has 0 saturated heterocycles. The van der Waals surface area contributed by atoms with Crippen molar-refractivity contribution in [3.05, 3.63) is 76.7 Å². The maximum Gasteiger partial charge on any atom is 0.135 e. The van der Waals surface area contributed by atoms with Gasteiger partial charge in [-0.1, -0.05) is 26.0 Å². The van der Waals surface area contributed by atoms with Crippen molar-refractivity contribution in [3.8, 4) is 11.3 Å². The third kappa shape index (κ3) is 2.63. The molecule has 1 fully saturated rings. The zero-order valence-corrected chi connectivity index (χ0v) is 17.3. The summed E-state index contributed by atoms with van der Waals surface area (Å²) < 4.78 is 28.7. The largest absolute Gasteiger partial charge is 0.393 e. The summed E-state index contributed by atoms with van der Waals surface area (Å²) in [6.45, 7) is 3.91. The highest BCUT2D eigenvalue weighted by Gasteiger charge is 2.65. The van der Waals surface area contributed by atoms with Gasteiger partial charge >= 0.3 is 0 Å². The average molecular weight is 423 g/mol. The molecule has 3 aromatic rings. The van der Waals surface area contributed by atoms with Gasteiger partial charge in [-0.25, -0.2) is 8.78 Å². The molecule has 31 heavy (non-hydrogen) atoms. The second kappa shape index (κ2) is 6.87. The molecule has 2 aromatic heterocycles. The van der Waals surface area contributed by atoms with Crippen LogP contribution in [0.5, 0.6) is 0 Å². The lowest BCUT2D eigenvalue weighted by atomic mass is 9.66. The molecule has 1 saturated carbocycles. The van der Waals surface area contributed by atoms with E-state index in [-0.39, 0.29) is 22.6 Å². The Morgan fingerprint density at radius 1 is 1.10 bits per heavy atom. The molecule has 5 nitrogen and oxygen atoms in total. The molecule has 2 aliphatic rings. The Balaban J connectivity index is 1.69. The van der Waals surface area contributed by atoms with Gasteiger partial charge in [0.2, 0.25) is 0 Å². The van der Waals surface area contributed by atoms with Crippen molar-refractivity contribution in [2.24, 2.45) is 5.41 Å². The fraction of sp³-hybridized carbons (Fsp3) is 0.375. The normalized spacial score (nSPS) is 24.3. The van der Waals surface area contributed by atoms with Crippen molar-refractivity contribution in [3.63, 3.8) is 0 Å². The summed E-state index contributed by atoms with van der Waals surface area (Å²) in [6.07, 6.45) is 0.639. The van der Waals surface area contributed by atoms with E-state index in [2.05, 4.69) is 24.0 Å². The van der Waals surface area contributed by atoms with E-state index in [9.17, 15) is 19.0 Å². The van der Waals surface area contributed by atoms with E-state index in [1.165, 1.54) is 18.2 Å². The lowest BCUT2D eigenvalue weighted by Gasteiger charge is -2.37. The Morgan fingerprint density at radius 3 is 2.52 bits per heavy atom. The highest BCUT2D eigenvalue weighted by Crippen LogP contribution is 2.69. The van der Waals surface area contributed by atoms with Crippen LogP contribution in [-0.4, -0.2) is 32.0 Å². The van der Waals surface area contributed by atoms with Crippen molar-refractivity contribution in [2.75, 3.05) is 6.61 Å². The zero-order valence-electron chi connectivity index (χ0n) is 17.3. The van der Waals surface area contributed by atoms with E-state index in [1.807, 2.05) is 12.1 Å². The van der Waals surface area contributed by atoms with Crippen LogP contribution >= 0.6 is 0 Å². The maximum absolute atomic E-state index is 14.4. The fourth-order valence-electron chi connectivity index (χ4n) is 5.73. The van der Waals surface area contributed by atoms with Crippen molar-refractivity contribution in [2.45, 2.75) is 44.1 Å². The van der Waals surface area contributed by atoms with Gasteiger partial charge in [0.15, 0.2) is 0 Å². The standard InChI is InChI=1S/C24H23F2N3O2/c1-23(2)14-9-10-24(23,20-8-4-7-17(27-20)19(31)12-30)22-13(14)11-18(28-29-22)21-15(25)5-3-6-16(21)26/h3-8,11,14,19,30-31H,9-10,12H2,1-2H3/t14-,19?,24+/m0/s1. The summed E-state index contributed by atoms with van der Waals surface area (Å²) in [5.74, 6) is -1.20. The number of pyridine rings is 1. The van der Waals surface area contributed by atoms with Crippen molar-refractivity contribution >= 4 is 0 Å². The molecule has 7 heteroatoms. The number of hydrogen-bond acceptors (Lipinski definition) is 5. The number of rotatable bonds is 4. The number of halogens is 2. The SMILES string of the molecule is CC1(C)[C@H]2CC[C@@]1(c1cccc(C(O)CO)n1)c1nnc(-c3c(F)cccc3F)cc12. The molecule has 0 aliphatic heterocycles. The van der Waals surface area contributed by atoms with E-state index >= 15 is 0 Å². The van der Waals surface area contributed by atoms with E-state index < -0.39 is 29.8 Å². The molecule has 1 unspecified atom stereocenters. The number of aliphatic hydroxyl groups is 2. The minimum absolute atomic E-state index is 0.139. The minimum Gasteiger partial charge on any atom is -0.393 e. The molecular weight excluding hydrogens is 400 g/mol. The highest BCUT2D eigenvalue weighted by molar-refractivity contribution is 5.64. The molecule has 2 N–H and O–H groups in total. The molecule has 0 amide bonds. The number of hydrogen-bond donors (Lipinski definition) is 2. The van der Waals surface area contributed by atoms with Crippen LogP contribution in [0.25, 0.3) is 11.3 Å². The Kier molecular flexibility index (Phi) is 4.46. The maximum atomic E-state index is 14.4. The molecule has 0 spiro atoms. The molecule has 2 aliphatic carbocycles. The van der Waals surface area contributed by atoms with Gasteiger partial charge < -0.3 is 10.2 Å². The summed E-state index contributed by atoms with van der Waals surface area (Å²) in [5.41, 5.74) is 2.12. The molecule has 3 atom stereocenters. The van der Waals surface area contributed by atoms with Crippen LogP contribution in [0, 0.1) is 17.0 Å². The first-order chi connectivity index (χ1) is 14.8. The predicted molar refractivity (Wildman–Crippen MR) is 110 cm³/mol. The Bertz CT molecular complexity index is 1160. The molecule has 2 heterocycles. The number of aliphatic hydroxyl groups excluding tert-OH is 2. The monoisotopic (exact) mass is 423 g/mol. The van der Waals surface area contributed by atoms with Crippen molar-refractivity contribution in [1.82, 2.24) is 15.2 Å². The van der Waals surface area contributed by atoms with Gasteiger partial charge in [-0.05, 0) is 60.1 Å². The third-order valence-corrected chi connectivity index (χ3v) is 7.32. The first-order valence-electron chi connectivity index (χ1n) is 10.4. The molecule has 0 radical (unpaired) electrons. The van der Waals surface area contributed by atoms with Crippen LogP contribution < -0.4 is 0 Å². The predicted octanol–water partition coefficient (Wildman–Crippen LogP) is 4.05. The van der Waals surface area contributed by atoms with Crippen LogP contribution in [0.3, 0.4) is 0 Å². The van der Waals surface area contributed by atoms with Crippen LogP contribution in [0.2, 0.25) is 0 Å². The van der Waals surface area contributed by atoms with Gasteiger partial charge in [0.05, 0.1) is 40.4 Å². The molecular formula is C24H23F2N3O2. The van der Waals surface area contributed by atoms with Gasteiger partial charge in [-0.3, -0.25) is 4.98 Å². The number of aromatic nitrogens is 3. The van der Waals surface area contributed by atoms with Crippen LogP contribution in [-0.2, 0) is 5.41 Å². The second-order valence-electron chi connectivity index (χ2n) is 8.99. The van der Waals surface area contributed by atoms with E-state index in [0.29, 0.717) is 5.69 Å². The van der Waals surface area contributed by atoms with Gasteiger partial charge in [0, 0.05) is 0 Å². The summed E-state index contributed by atoms with van der Waals surface area (Å²) in [4.78, 5) is 4.70. The van der Waals surface area contributed by atoms with Crippen molar-refractivity contribution < 1.29 is 19.0 Å². The first-order valence-corrected chi connectivity index (χ1v) is 10.4. The second-order valence-corrected chi connectivity index (χ2v) is 8.99. The van der Waals surface area contributed by atoms with E-state index in [1.54, 1.807) is 12.1 Å².